The molecule has 40 heavy (non-hydrogen) atoms. The van der Waals surface area contributed by atoms with Crippen LogP contribution in [0.15, 0.2) is 42.0 Å². The highest BCUT2D eigenvalue weighted by Crippen LogP contribution is 2.69. The Kier molecular flexibility index (Phi) is 7.60. The first-order chi connectivity index (χ1) is 18.5. The van der Waals surface area contributed by atoms with Crippen LogP contribution >= 0.6 is 0 Å². The molecule has 0 bridgehead atoms. The number of benzene rings is 1. The highest BCUT2D eigenvalue weighted by atomic mass is 28.4. The molecule has 0 unspecified atom stereocenters. The maximum Gasteiger partial charge on any atom is 0.338 e. The molecule has 0 amide bonds. The van der Waals surface area contributed by atoms with Crippen LogP contribution < -0.4 is 0 Å². The standard InChI is InChI=1S/C36H56O3Si/c1-24(39-40(9,10)33(2,3)4)27-17-18-28-26-16-19-30-34(5,6)31(38-32(37)25-14-12-11-13-15-25)21-23-36(30,8)29(26)20-22-35(27,28)7/h11-15,19,24,26-29,31H,16-18,20-23H2,1-10H3/t24-,26-,27+,28-,29-,31-,35+,36+/m0/s1. The Hall–Kier alpha value is -1.39. The molecule has 5 rings (SSSR count). The lowest BCUT2D eigenvalue weighted by atomic mass is 9.44. The van der Waals surface area contributed by atoms with Gasteiger partial charge in [-0.15, -0.1) is 0 Å². The summed E-state index contributed by atoms with van der Waals surface area (Å²) in [6, 6.07) is 9.49. The van der Waals surface area contributed by atoms with Crippen LogP contribution in [-0.2, 0) is 9.16 Å². The van der Waals surface area contributed by atoms with Crippen LogP contribution in [0.5, 0.6) is 0 Å². The number of carbonyl (C=O) groups is 1. The number of fused-ring (bicyclic) bond motifs is 5. The molecule has 0 heterocycles. The third-order valence-corrected chi connectivity index (χ3v) is 17.6. The van der Waals surface area contributed by atoms with Crippen molar-refractivity contribution in [1.29, 1.82) is 0 Å². The van der Waals surface area contributed by atoms with Gasteiger partial charge in [-0.3, -0.25) is 0 Å². The fourth-order valence-corrected chi connectivity index (χ4v) is 11.3. The Balaban J connectivity index is 1.35. The van der Waals surface area contributed by atoms with E-state index in [-0.39, 0.29) is 27.9 Å². The summed E-state index contributed by atoms with van der Waals surface area (Å²) in [6.45, 7) is 24.2. The Labute approximate surface area is 246 Å². The van der Waals surface area contributed by atoms with Crippen LogP contribution in [0, 0.1) is 39.9 Å². The van der Waals surface area contributed by atoms with Crippen molar-refractivity contribution in [2.75, 3.05) is 0 Å². The summed E-state index contributed by atoms with van der Waals surface area (Å²) in [4.78, 5) is 13.0. The van der Waals surface area contributed by atoms with Gasteiger partial charge in [-0.2, -0.15) is 0 Å². The van der Waals surface area contributed by atoms with E-state index in [1.807, 2.05) is 30.3 Å². The zero-order valence-corrected chi connectivity index (χ0v) is 28.1. The van der Waals surface area contributed by atoms with Crippen LogP contribution in [0.2, 0.25) is 18.1 Å². The fraction of sp³-hybridized carbons (Fsp3) is 0.750. The molecule has 0 spiro atoms. The van der Waals surface area contributed by atoms with E-state index in [9.17, 15) is 4.79 Å². The summed E-state index contributed by atoms with van der Waals surface area (Å²) < 4.78 is 13.3. The van der Waals surface area contributed by atoms with Crippen molar-refractivity contribution < 1.29 is 14.0 Å². The van der Waals surface area contributed by atoms with E-state index in [0.29, 0.717) is 23.0 Å². The molecule has 0 radical (unpaired) electrons. The Morgan fingerprint density at radius 2 is 1.62 bits per heavy atom. The second kappa shape index (κ2) is 10.1. The molecule has 8 atom stereocenters. The van der Waals surface area contributed by atoms with Crippen molar-refractivity contribution in [3.05, 3.63) is 47.5 Å². The quantitative estimate of drug-likeness (QED) is 0.203. The number of hydrogen-bond donors (Lipinski definition) is 0. The van der Waals surface area contributed by atoms with Crippen LogP contribution in [0.3, 0.4) is 0 Å². The first-order valence-corrected chi connectivity index (χ1v) is 19.1. The topological polar surface area (TPSA) is 35.5 Å². The second-order valence-corrected chi connectivity index (χ2v) is 21.2. The van der Waals surface area contributed by atoms with Gasteiger partial charge < -0.3 is 9.16 Å². The van der Waals surface area contributed by atoms with Gasteiger partial charge in [-0.25, -0.2) is 4.79 Å². The van der Waals surface area contributed by atoms with E-state index >= 15 is 0 Å². The molecule has 3 nitrogen and oxygen atoms in total. The van der Waals surface area contributed by atoms with Crippen molar-refractivity contribution in [3.63, 3.8) is 0 Å². The summed E-state index contributed by atoms with van der Waals surface area (Å²) in [7, 11) is -1.80. The van der Waals surface area contributed by atoms with Gasteiger partial charge in [0, 0.05) is 11.5 Å². The molecule has 0 saturated heterocycles. The number of hydrogen-bond acceptors (Lipinski definition) is 3. The average molecular weight is 565 g/mol. The van der Waals surface area contributed by atoms with Gasteiger partial charge in [0.25, 0.3) is 0 Å². The summed E-state index contributed by atoms with van der Waals surface area (Å²) in [5.41, 5.74) is 2.64. The van der Waals surface area contributed by atoms with Crippen LogP contribution in [0.4, 0.5) is 0 Å². The lowest BCUT2D eigenvalue weighted by molar-refractivity contribution is -0.0869. The minimum absolute atomic E-state index is 0.0749. The molecule has 0 aliphatic heterocycles. The van der Waals surface area contributed by atoms with Gasteiger partial charge in [-0.05, 0) is 117 Å². The van der Waals surface area contributed by atoms with Crippen molar-refractivity contribution in [3.8, 4) is 0 Å². The number of esters is 1. The van der Waals surface area contributed by atoms with Gasteiger partial charge in [0.2, 0.25) is 0 Å². The maximum atomic E-state index is 13.0. The zero-order chi connectivity index (χ0) is 29.3. The predicted octanol–water partition coefficient (Wildman–Crippen LogP) is 9.84. The lowest BCUT2D eigenvalue weighted by Gasteiger charge is -2.61. The molecule has 3 fully saturated rings. The number of carbonyl (C=O) groups excluding carboxylic acids is 1. The Morgan fingerprint density at radius 3 is 2.27 bits per heavy atom. The first-order valence-electron chi connectivity index (χ1n) is 16.2. The van der Waals surface area contributed by atoms with Crippen molar-refractivity contribution >= 4 is 14.3 Å². The third kappa shape index (κ3) is 4.77. The SMILES string of the molecule is C[C@H](O[Si](C)(C)C(C)(C)C)[C@H]1CC[C@H]2[C@@H]3CC=C4C(C)(C)[C@@H](OC(=O)c5ccccc5)CC[C@]4(C)[C@H]3CC[C@]12C. The molecule has 4 heteroatoms. The molecular formula is C36H56O3Si. The molecule has 4 aliphatic carbocycles. The molecule has 0 aromatic heterocycles. The fourth-order valence-electron chi connectivity index (χ4n) is 9.89. The molecule has 1 aromatic rings. The molecule has 222 valence electrons. The lowest BCUT2D eigenvalue weighted by Crippen LogP contribution is -2.55. The van der Waals surface area contributed by atoms with Gasteiger partial charge in [0.1, 0.15) is 6.10 Å². The Morgan fingerprint density at radius 1 is 0.950 bits per heavy atom. The van der Waals surface area contributed by atoms with Crippen LogP contribution in [0.25, 0.3) is 0 Å². The predicted molar refractivity (Wildman–Crippen MR) is 168 cm³/mol. The molecular weight excluding hydrogens is 508 g/mol. The third-order valence-electron chi connectivity index (χ3n) is 13.1. The van der Waals surface area contributed by atoms with Gasteiger partial charge in [0.05, 0.1) is 5.56 Å². The maximum absolute atomic E-state index is 13.0. The summed E-state index contributed by atoms with van der Waals surface area (Å²) in [6.07, 6.45) is 11.4. The van der Waals surface area contributed by atoms with Crippen molar-refractivity contribution in [2.45, 2.75) is 131 Å². The zero-order valence-electron chi connectivity index (χ0n) is 27.1. The normalized spacial score (nSPS) is 38.0. The molecule has 4 aliphatic rings. The Bertz CT molecular complexity index is 1130. The largest absolute Gasteiger partial charge is 0.458 e. The van der Waals surface area contributed by atoms with Crippen molar-refractivity contribution in [1.82, 2.24) is 0 Å². The molecule has 1 aromatic carbocycles. The van der Waals surface area contributed by atoms with Crippen molar-refractivity contribution in [2.24, 2.45) is 39.9 Å². The number of allylic oxidation sites excluding steroid dienone is 1. The summed E-state index contributed by atoms with van der Waals surface area (Å²) in [5, 5.41) is 0.248. The first kappa shape index (κ1) is 30.1. The average Bonchev–Trinajstić information content (AvgIpc) is 3.23. The smallest absolute Gasteiger partial charge is 0.338 e. The second-order valence-electron chi connectivity index (χ2n) is 16.5. The molecule has 3 saturated carbocycles. The van der Waals surface area contributed by atoms with Gasteiger partial charge in [-0.1, -0.05) is 78.3 Å². The highest BCUT2D eigenvalue weighted by molar-refractivity contribution is 6.74. The molecule has 0 N–H and O–H groups in total. The summed E-state index contributed by atoms with van der Waals surface area (Å²) in [5.74, 6) is 2.75. The van der Waals surface area contributed by atoms with E-state index in [1.165, 1.54) is 32.1 Å². The van der Waals surface area contributed by atoms with Crippen LogP contribution in [-0.4, -0.2) is 26.5 Å². The van der Waals surface area contributed by atoms with E-state index in [0.717, 1.165) is 30.6 Å². The minimum atomic E-state index is -1.80. The van der Waals surface area contributed by atoms with E-state index in [4.69, 9.17) is 9.16 Å². The van der Waals surface area contributed by atoms with E-state index < -0.39 is 8.32 Å². The van der Waals surface area contributed by atoms with E-state index in [1.54, 1.807) is 5.57 Å². The summed E-state index contributed by atoms with van der Waals surface area (Å²) >= 11 is 0. The monoisotopic (exact) mass is 564 g/mol. The van der Waals surface area contributed by atoms with E-state index in [2.05, 4.69) is 74.6 Å². The number of ether oxygens (including phenoxy) is 1. The highest BCUT2D eigenvalue weighted by Gasteiger charge is 2.62. The number of rotatable bonds is 5. The van der Waals surface area contributed by atoms with Gasteiger partial charge >= 0.3 is 5.97 Å². The minimum Gasteiger partial charge on any atom is -0.458 e. The van der Waals surface area contributed by atoms with Gasteiger partial charge in [0.15, 0.2) is 8.32 Å². The van der Waals surface area contributed by atoms with Crippen LogP contribution in [0.1, 0.15) is 111 Å².